The molecule has 1 amide bonds. The monoisotopic (exact) mass is 370 g/mol. The molecule has 1 saturated heterocycles. The zero-order chi connectivity index (χ0) is 18.4. The highest BCUT2D eigenvalue weighted by Crippen LogP contribution is 2.38. The third-order valence-corrected chi connectivity index (χ3v) is 5.69. The predicted octanol–water partition coefficient (Wildman–Crippen LogP) is 1.36. The second kappa shape index (κ2) is 6.60. The molecule has 1 saturated carbocycles. The summed E-state index contributed by atoms with van der Waals surface area (Å²) in [5, 5.41) is 11.6. The number of aryl methyl sites for hydroxylation is 1. The lowest BCUT2D eigenvalue weighted by atomic mass is 9.96. The number of rotatable bonds is 4. The Labute approximate surface area is 155 Å². The molecule has 2 atom stereocenters. The van der Waals surface area contributed by atoms with Gasteiger partial charge in [0.25, 0.3) is 11.5 Å². The van der Waals surface area contributed by atoms with Crippen LogP contribution in [0, 0.1) is 0 Å². The first kappa shape index (κ1) is 16.7. The van der Waals surface area contributed by atoms with Gasteiger partial charge in [0, 0.05) is 17.5 Å². The fraction of sp³-hybridized carbons (Fsp3) is 0.579. The Kier molecular flexibility index (Phi) is 4.07. The van der Waals surface area contributed by atoms with Gasteiger partial charge in [-0.2, -0.15) is 5.10 Å². The SMILES string of the molecule is O=C(NC1COCC1n1nc(C2CC2)ccc1=O)c1onc2c1CCCC2. The van der Waals surface area contributed by atoms with Gasteiger partial charge in [-0.15, -0.1) is 0 Å². The Bertz CT molecular complexity index is 930. The average molecular weight is 370 g/mol. The van der Waals surface area contributed by atoms with Crippen LogP contribution in [0.15, 0.2) is 21.5 Å². The molecule has 142 valence electrons. The molecule has 2 aromatic rings. The first-order chi connectivity index (χ1) is 13.2. The molecule has 3 heterocycles. The number of ether oxygens (including phenoxy) is 1. The summed E-state index contributed by atoms with van der Waals surface area (Å²) in [6, 6.07) is 2.71. The molecule has 1 aliphatic heterocycles. The molecule has 0 bridgehead atoms. The van der Waals surface area contributed by atoms with Crippen molar-refractivity contribution in [2.45, 2.75) is 56.5 Å². The molecule has 2 fully saturated rings. The summed E-state index contributed by atoms with van der Waals surface area (Å²) in [5.74, 6) is 0.452. The molecular formula is C19H22N4O4. The van der Waals surface area contributed by atoms with Crippen LogP contribution in [0.25, 0.3) is 0 Å². The van der Waals surface area contributed by atoms with Crippen molar-refractivity contribution >= 4 is 5.91 Å². The van der Waals surface area contributed by atoms with Gasteiger partial charge in [-0.05, 0) is 44.6 Å². The topological polar surface area (TPSA) is 99.2 Å². The highest BCUT2D eigenvalue weighted by atomic mass is 16.5. The smallest absolute Gasteiger partial charge is 0.290 e. The normalized spacial score (nSPS) is 24.6. The maximum Gasteiger partial charge on any atom is 0.290 e. The summed E-state index contributed by atoms with van der Waals surface area (Å²) in [6.45, 7) is 0.689. The second-order valence-electron chi connectivity index (χ2n) is 7.64. The summed E-state index contributed by atoms with van der Waals surface area (Å²) in [6.07, 6.45) is 6.01. The summed E-state index contributed by atoms with van der Waals surface area (Å²) < 4.78 is 12.4. The quantitative estimate of drug-likeness (QED) is 0.872. The standard InChI is InChI=1S/C19H22N4O4/c24-17-8-7-13(11-5-6-11)21-23(17)16-10-26-9-15(16)20-19(25)18-12-3-1-2-4-14(12)22-27-18/h7-8,11,15-16H,1-6,9-10H2,(H,20,25). The van der Waals surface area contributed by atoms with Gasteiger partial charge in [0.2, 0.25) is 5.76 Å². The van der Waals surface area contributed by atoms with E-state index in [1.165, 1.54) is 4.68 Å². The molecule has 8 heteroatoms. The van der Waals surface area contributed by atoms with Crippen molar-refractivity contribution in [1.82, 2.24) is 20.3 Å². The van der Waals surface area contributed by atoms with E-state index in [-0.39, 0.29) is 23.6 Å². The Morgan fingerprint density at radius 1 is 1.19 bits per heavy atom. The summed E-state index contributed by atoms with van der Waals surface area (Å²) >= 11 is 0. The molecule has 5 rings (SSSR count). The molecule has 3 aliphatic rings. The molecule has 2 aromatic heterocycles. The third-order valence-electron chi connectivity index (χ3n) is 5.69. The molecule has 0 radical (unpaired) electrons. The number of fused-ring (bicyclic) bond motifs is 1. The number of amides is 1. The Morgan fingerprint density at radius 2 is 2.04 bits per heavy atom. The average Bonchev–Trinajstić information content (AvgIpc) is 3.28. The van der Waals surface area contributed by atoms with Crippen LogP contribution < -0.4 is 10.9 Å². The van der Waals surface area contributed by atoms with Gasteiger partial charge < -0.3 is 14.6 Å². The third kappa shape index (κ3) is 3.07. The van der Waals surface area contributed by atoms with Gasteiger partial charge in [0.05, 0.1) is 30.6 Å². The molecule has 27 heavy (non-hydrogen) atoms. The van der Waals surface area contributed by atoms with Crippen LogP contribution in [-0.4, -0.2) is 40.1 Å². The van der Waals surface area contributed by atoms with Crippen LogP contribution in [0.3, 0.4) is 0 Å². The fourth-order valence-corrected chi connectivity index (χ4v) is 4.00. The lowest BCUT2D eigenvalue weighted by Crippen LogP contribution is -2.44. The minimum absolute atomic E-state index is 0.175. The van der Waals surface area contributed by atoms with Gasteiger partial charge in [0.1, 0.15) is 6.04 Å². The van der Waals surface area contributed by atoms with E-state index >= 15 is 0 Å². The van der Waals surface area contributed by atoms with Crippen molar-refractivity contribution in [3.8, 4) is 0 Å². The lowest BCUT2D eigenvalue weighted by Gasteiger charge is -2.20. The van der Waals surface area contributed by atoms with E-state index in [9.17, 15) is 9.59 Å². The molecule has 2 aliphatic carbocycles. The van der Waals surface area contributed by atoms with E-state index in [0.29, 0.717) is 24.9 Å². The number of aromatic nitrogens is 3. The van der Waals surface area contributed by atoms with E-state index in [4.69, 9.17) is 9.26 Å². The van der Waals surface area contributed by atoms with Crippen molar-refractivity contribution in [3.63, 3.8) is 0 Å². The minimum Gasteiger partial charge on any atom is -0.377 e. The van der Waals surface area contributed by atoms with Gasteiger partial charge in [-0.3, -0.25) is 9.59 Å². The highest BCUT2D eigenvalue weighted by Gasteiger charge is 2.35. The fourth-order valence-electron chi connectivity index (χ4n) is 4.00. The lowest BCUT2D eigenvalue weighted by molar-refractivity contribution is 0.0886. The van der Waals surface area contributed by atoms with Gasteiger partial charge in [0.15, 0.2) is 0 Å². The summed E-state index contributed by atoms with van der Waals surface area (Å²) in [7, 11) is 0. The van der Waals surface area contributed by atoms with E-state index in [1.807, 2.05) is 0 Å². The number of hydrogen-bond acceptors (Lipinski definition) is 6. The van der Waals surface area contributed by atoms with Gasteiger partial charge >= 0.3 is 0 Å². The number of nitrogens with one attached hydrogen (secondary N) is 1. The maximum absolute atomic E-state index is 12.8. The number of carbonyl (C=O) groups is 1. The minimum atomic E-state index is -0.332. The Balaban J connectivity index is 1.37. The van der Waals surface area contributed by atoms with Gasteiger partial charge in [-0.1, -0.05) is 5.16 Å². The molecule has 8 nitrogen and oxygen atoms in total. The van der Waals surface area contributed by atoms with Crippen LogP contribution in [0.2, 0.25) is 0 Å². The molecule has 1 N–H and O–H groups in total. The number of hydrogen-bond donors (Lipinski definition) is 1. The maximum atomic E-state index is 12.8. The number of nitrogens with zero attached hydrogens (tertiary/aromatic N) is 3. The largest absolute Gasteiger partial charge is 0.377 e. The Morgan fingerprint density at radius 3 is 2.89 bits per heavy atom. The summed E-state index contributed by atoms with van der Waals surface area (Å²) in [4.78, 5) is 25.1. The van der Waals surface area contributed by atoms with E-state index in [1.54, 1.807) is 12.1 Å². The van der Waals surface area contributed by atoms with Crippen molar-refractivity contribution in [3.05, 3.63) is 45.2 Å². The summed E-state index contributed by atoms with van der Waals surface area (Å²) in [5.41, 5.74) is 2.57. The van der Waals surface area contributed by atoms with Crippen LogP contribution in [0.4, 0.5) is 0 Å². The van der Waals surface area contributed by atoms with Crippen LogP contribution in [-0.2, 0) is 17.6 Å². The van der Waals surface area contributed by atoms with Crippen LogP contribution in [0.1, 0.15) is 65.1 Å². The van der Waals surface area contributed by atoms with Crippen molar-refractivity contribution in [2.24, 2.45) is 0 Å². The Hall–Kier alpha value is -2.48. The number of carbonyl (C=O) groups excluding carboxylic acids is 1. The molecule has 0 aromatic carbocycles. The first-order valence-corrected chi connectivity index (χ1v) is 9.66. The molecule has 0 spiro atoms. The van der Waals surface area contributed by atoms with Crippen molar-refractivity contribution in [2.75, 3.05) is 13.2 Å². The zero-order valence-corrected chi connectivity index (χ0v) is 15.0. The van der Waals surface area contributed by atoms with Crippen LogP contribution >= 0.6 is 0 Å². The van der Waals surface area contributed by atoms with E-state index < -0.39 is 0 Å². The molecular weight excluding hydrogens is 348 g/mol. The molecule has 2 unspecified atom stereocenters. The second-order valence-corrected chi connectivity index (χ2v) is 7.64. The van der Waals surface area contributed by atoms with Crippen LogP contribution in [0.5, 0.6) is 0 Å². The first-order valence-electron chi connectivity index (χ1n) is 9.66. The van der Waals surface area contributed by atoms with E-state index in [2.05, 4.69) is 15.6 Å². The highest BCUT2D eigenvalue weighted by molar-refractivity contribution is 5.93. The van der Waals surface area contributed by atoms with E-state index in [0.717, 1.165) is 55.5 Å². The van der Waals surface area contributed by atoms with Crippen molar-refractivity contribution in [1.29, 1.82) is 0 Å². The van der Waals surface area contributed by atoms with Gasteiger partial charge in [-0.25, -0.2) is 4.68 Å². The zero-order valence-electron chi connectivity index (χ0n) is 15.0. The predicted molar refractivity (Wildman–Crippen MR) is 94.7 cm³/mol. The van der Waals surface area contributed by atoms with Crippen molar-refractivity contribution < 1.29 is 14.1 Å².